The first-order valence-electron chi connectivity index (χ1n) is 7.05. The smallest absolute Gasteiger partial charge is 0.135 e. The van der Waals surface area contributed by atoms with Crippen LogP contribution in [0.4, 0.5) is 0 Å². The molecule has 0 aromatic carbocycles. The van der Waals surface area contributed by atoms with Crippen LogP contribution in [-0.4, -0.2) is 20.8 Å². The molecule has 0 saturated carbocycles. The summed E-state index contributed by atoms with van der Waals surface area (Å²) in [6.07, 6.45) is 8.06. The van der Waals surface area contributed by atoms with Gasteiger partial charge in [-0.2, -0.15) is 0 Å². The minimum absolute atomic E-state index is 0.143. The standard InChI is InChI=1S/C14H25N3O/c1-4-5-6-8-13-11-15-16-17(13)10-7-9-14(18)12(2)3/h11-12H,4-10H2,1-3H3. The molecule has 0 bridgehead atoms. The molecule has 1 rings (SSSR count). The van der Waals surface area contributed by atoms with Gasteiger partial charge in [-0.25, -0.2) is 4.68 Å². The first-order chi connectivity index (χ1) is 8.65. The molecule has 0 amide bonds. The molecule has 0 aliphatic heterocycles. The highest BCUT2D eigenvalue weighted by Gasteiger charge is 2.08. The molecule has 0 spiro atoms. The monoisotopic (exact) mass is 251 g/mol. The van der Waals surface area contributed by atoms with Crippen molar-refractivity contribution >= 4 is 5.78 Å². The molecular formula is C14H25N3O. The van der Waals surface area contributed by atoms with E-state index in [1.165, 1.54) is 25.0 Å². The normalized spacial score (nSPS) is 11.1. The van der Waals surface area contributed by atoms with Crippen LogP contribution >= 0.6 is 0 Å². The molecule has 18 heavy (non-hydrogen) atoms. The molecule has 0 radical (unpaired) electrons. The first kappa shape index (κ1) is 14.9. The summed E-state index contributed by atoms with van der Waals surface area (Å²) < 4.78 is 1.95. The summed E-state index contributed by atoms with van der Waals surface area (Å²) in [6, 6.07) is 0. The van der Waals surface area contributed by atoms with E-state index in [2.05, 4.69) is 17.2 Å². The zero-order valence-corrected chi connectivity index (χ0v) is 11.9. The zero-order chi connectivity index (χ0) is 13.4. The predicted octanol–water partition coefficient (Wildman–Crippen LogP) is 3.02. The van der Waals surface area contributed by atoms with Gasteiger partial charge in [-0.15, -0.1) is 5.10 Å². The summed E-state index contributed by atoms with van der Waals surface area (Å²) >= 11 is 0. The lowest BCUT2D eigenvalue weighted by molar-refractivity contribution is -0.122. The Morgan fingerprint density at radius 1 is 1.33 bits per heavy atom. The maximum absolute atomic E-state index is 11.5. The highest BCUT2D eigenvalue weighted by Crippen LogP contribution is 2.08. The molecule has 1 heterocycles. The van der Waals surface area contributed by atoms with Crippen LogP contribution in [0.5, 0.6) is 0 Å². The zero-order valence-electron chi connectivity index (χ0n) is 11.9. The number of hydrogen-bond donors (Lipinski definition) is 0. The predicted molar refractivity (Wildman–Crippen MR) is 72.3 cm³/mol. The Kier molecular flexibility index (Phi) is 6.61. The maximum Gasteiger partial charge on any atom is 0.135 e. The Morgan fingerprint density at radius 2 is 2.11 bits per heavy atom. The van der Waals surface area contributed by atoms with E-state index in [0.717, 1.165) is 19.4 Å². The molecule has 0 unspecified atom stereocenters. The maximum atomic E-state index is 11.5. The van der Waals surface area contributed by atoms with Gasteiger partial charge < -0.3 is 0 Å². The number of unbranched alkanes of at least 4 members (excludes halogenated alkanes) is 2. The Labute approximate surface area is 110 Å². The lowest BCUT2D eigenvalue weighted by Gasteiger charge is -2.07. The fourth-order valence-corrected chi connectivity index (χ4v) is 1.91. The summed E-state index contributed by atoms with van der Waals surface area (Å²) in [6.45, 7) is 6.91. The number of Topliss-reactive ketones (excluding diaryl/α,β-unsaturated/α-hetero) is 1. The van der Waals surface area contributed by atoms with Crippen molar-refractivity contribution in [1.29, 1.82) is 0 Å². The number of hydrogen-bond acceptors (Lipinski definition) is 3. The third-order valence-electron chi connectivity index (χ3n) is 3.17. The summed E-state index contributed by atoms with van der Waals surface area (Å²) in [5, 5.41) is 8.05. The average Bonchev–Trinajstić information content (AvgIpc) is 2.77. The van der Waals surface area contributed by atoms with Gasteiger partial charge in [0.1, 0.15) is 5.78 Å². The van der Waals surface area contributed by atoms with Gasteiger partial charge in [0.15, 0.2) is 0 Å². The lowest BCUT2D eigenvalue weighted by atomic mass is 10.0. The summed E-state index contributed by atoms with van der Waals surface area (Å²) in [4.78, 5) is 11.5. The van der Waals surface area contributed by atoms with Gasteiger partial charge in [-0.1, -0.05) is 38.8 Å². The molecule has 4 nitrogen and oxygen atoms in total. The highest BCUT2D eigenvalue weighted by molar-refractivity contribution is 5.80. The third-order valence-corrected chi connectivity index (χ3v) is 3.17. The third kappa shape index (κ3) is 4.98. The Morgan fingerprint density at radius 3 is 2.78 bits per heavy atom. The van der Waals surface area contributed by atoms with E-state index < -0.39 is 0 Å². The van der Waals surface area contributed by atoms with Crippen molar-refractivity contribution in [3.63, 3.8) is 0 Å². The molecular weight excluding hydrogens is 226 g/mol. The number of ketones is 1. The van der Waals surface area contributed by atoms with Crippen LogP contribution in [0.25, 0.3) is 0 Å². The fraction of sp³-hybridized carbons (Fsp3) is 0.786. The highest BCUT2D eigenvalue weighted by atomic mass is 16.1. The van der Waals surface area contributed by atoms with E-state index in [0.29, 0.717) is 12.2 Å². The van der Waals surface area contributed by atoms with Crippen LogP contribution in [0.15, 0.2) is 6.20 Å². The SMILES string of the molecule is CCCCCc1cnnn1CCCC(=O)C(C)C. The van der Waals surface area contributed by atoms with Gasteiger partial charge in [-0.05, 0) is 19.3 Å². The molecule has 4 heteroatoms. The van der Waals surface area contributed by atoms with Crippen LogP contribution in [0.1, 0.15) is 58.6 Å². The van der Waals surface area contributed by atoms with Crippen molar-refractivity contribution in [3.05, 3.63) is 11.9 Å². The lowest BCUT2D eigenvalue weighted by Crippen LogP contribution is -2.10. The van der Waals surface area contributed by atoms with Gasteiger partial charge in [0, 0.05) is 18.9 Å². The molecule has 102 valence electrons. The Hall–Kier alpha value is -1.19. The van der Waals surface area contributed by atoms with Gasteiger partial charge >= 0.3 is 0 Å². The number of carbonyl (C=O) groups is 1. The van der Waals surface area contributed by atoms with Gasteiger partial charge in [0.05, 0.1) is 11.9 Å². The summed E-state index contributed by atoms with van der Waals surface area (Å²) in [5.41, 5.74) is 1.19. The van der Waals surface area contributed by atoms with Crippen LogP contribution < -0.4 is 0 Å². The van der Waals surface area contributed by atoms with E-state index in [1.807, 2.05) is 24.7 Å². The Bertz CT molecular complexity index is 358. The quantitative estimate of drug-likeness (QED) is 0.634. The van der Waals surface area contributed by atoms with Crippen LogP contribution in [-0.2, 0) is 17.8 Å². The van der Waals surface area contributed by atoms with Crippen LogP contribution in [0.3, 0.4) is 0 Å². The number of aromatic nitrogens is 3. The largest absolute Gasteiger partial charge is 0.299 e. The second-order valence-corrected chi connectivity index (χ2v) is 5.13. The number of rotatable bonds is 9. The first-order valence-corrected chi connectivity index (χ1v) is 7.05. The fourth-order valence-electron chi connectivity index (χ4n) is 1.91. The molecule has 0 aliphatic rings. The van der Waals surface area contributed by atoms with Crippen molar-refractivity contribution in [2.75, 3.05) is 0 Å². The van der Waals surface area contributed by atoms with Crippen molar-refractivity contribution in [3.8, 4) is 0 Å². The van der Waals surface area contributed by atoms with Crippen LogP contribution in [0.2, 0.25) is 0 Å². The average molecular weight is 251 g/mol. The molecule has 1 aromatic heterocycles. The number of carbonyl (C=O) groups excluding carboxylic acids is 1. The minimum Gasteiger partial charge on any atom is -0.299 e. The van der Waals surface area contributed by atoms with Gasteiger partial charge in [0.2, 0.25) is 0 Å². The van der Waals surface area contributed by atoms with E-state index in [1.54, 1.807) is 0 Å². The molecule has 0 atom stereocenters. The molecule has 0 aliphatic carbocycles. The Balaban J connectivity index is 2.33. The number of nitrogens with zero attached hydrogens (tertiary/aromatic N) is 3. The van der Waals surface area contributed by atoms with Gasteiger partial charge in [0.25, 0.3) is 0 Å². The van der Waals surface area contributed by atoms with E-state index in [9.17, 15) is 4.79 Å². The van der Waals surface area contributed by atoms with Crippen molar-refractivity contribution in [2.24, 2.45) is 5.92 Å². The van der Waals surface area contributed by atoms with Crippen molar-refractivity contribution < 1.29 is 4.79 Å². The van der Waals surface area contributed by atoms with Crippen molar-refractivity contribution in [1.82, 2.24) is 15.0 Å². The second kappa shape index (κ2) is 8.01. The van der Waals surface area contributed by atoms with Gasteiger partial charge in [-0.3, -0.25) is 4.79 Å². The summed E-state index contributed by atoms with van der Waals surface area (Å²) in [5.74, 6) is 0.479. The van der Waals surface area contributed by atoms with E-state index in [-0.39, 0.29) is 5.92 Å². The molecule has 1 aromatic rings. The molecule has 0 saturated heterocycles. The second-order valence-electron chi connectivity index (χ2n) is 5.13. The topological polar surface area (TPSA) is 47.8 Å². The van der Waals surface area contributed by atoms with Crippen molar-refractivity contribution in [2.45, 2.75) is 65.8 Å². The van der Waals surface area contributed by atoms with E-state index in [4.69, 9.17) is 0 Å². The number of aryl methyl sites for hydroxylation is 2. The van der Waals surface area contributed by atoms with E-state index >= 15 is 0 Å². The molecule has 0 N–H and O–H groups in total. The minimum atomic E-state index is 0.143. The molecule has 0 fully saturated rings. The van der Waals surface area contributed by atoms with Crippen LogP contribution in [0, 0.1) is 5.92 Å². The summed E-state index contributed by atoms with van der Waals surface area (Å²) in [7, 11) is 0.